The fraction of sp³-hybridized carbons (Fsp3) is 0.800. The summed E-state index contributed by atoms with van der Waals surface area (Å²) in [7, 11) is 0. The van der Waals surface area contributed by atoms with Crippen molar-refractivity contribution in [2.24, 2.45) is 5.92 Å². The Bertz CT molecular complexity index is 678. The molecule has 1 aromatic rings. The maximum absolute atomic E-state index is 5.52. The number of anilines is 1. The highest BCUT2D eigenvalue weighted by Crippen LogP contribution is 2.19. The Kier molecular flexibility index (Phi) is 15.6. The first-order valence-corrected chi connectivity index (χ1v) is 14.5. The number of hydrogen-bond acceptors (Lipinski definition) is 6. The van der Waals surface area contributed by atoms with Crippen LogP contribution in [0.1, 0.15) is 83.1 Å². The van der Waals surface area contributed by atoms with Crippen LogP contribution in [0.15, 0.2) is 18.2 Å². The molecule has 216 valence electrons. The molecule has 0 saturated carbocycles. The average Bonchev–Trinajstić information content (AvgIpc) is 3.62. The molecule has 3 saturated heterocycles. The van der Waals surface area contributed by atoms with E-state index >= 15 is 0 Å². The predicted octanol–water partition coefficient (Wildman–Crippen LogP) is 6.03. The number of nitrogens with one attached hydrogen (secondary N) is 4. The van der Waals surface area contributed by atoms with Crippen molar-refractivity contribution in [3.05, 3.63) is 29.3 Å². The van der Waals surface area contributed by atoms with E-state index in [-0.39, 0.29) is 5.71 Å². The van der Waals surface area contributed by atoms with Gasteiger partial charge in [0.25, 0.3) is 0 Å². The molecule has 6 nitrogen and oxygen atoms in total. The number of hydrogen-bond donors (Lipinski definition) is 4. The minimum absolute atomic E-state index is 0. The quantitative estimate of drug-likeness (QED) is 0.307. The predicted molar refractivity (Wildman–Crippen MR) is 163 cm³/mol. The van der Waals surface area contributed by atoms with Gasteiger partial charge in [0.2, 0.25) is 0 Å². The third-order valence-electron chi connectivity index (χ3n) is 6.89. The van der Waals surface area contributed by atoms with Crippen molar-refractivity contribution in [1.82, 2.24) is 16.0 Å². The first-order valence-electron chi connectivity index (χ1n) is 14.5. The fourth-order valence-corrected chi connectivity index (χ4v) is 4.80. The number of ether oxygens (including phenoxy) is 2. The molecule has 3 aliphatic rings. The van der Waals surface area contributed by atoms with Gasteiger partial charge in [-0.1, -0.05) is 32.0 Å². The summed E-state index contributed by atoms with van der Waals surface area (Å²) < 4.78 is 11.0. The van der Waals surface area contributed by atoms with Crippen molar-refractivity contribution in [1.29, 1.82) is 0 Å². The minimum Gasteiger partial charge on any atom is -0.383 e. The summed E-state index contributed by atoms with van der Waals surface area (Å²) >= 11 is 0. The molecular formula is C30H64N4O2. The zero-order chi connectivity index (χ0) is 26.2. The van der Waals surface area contributed by atoms with E-state index in [2.05, 4.69) is 81.0 Å². The molecule has 36 heavy (non-hydrogen) atoms. The van der Waals surface area contributed by atoms with Crippen molar-refractivity contribution in [2.45, 2.75) is 104 Å². The zero-order valence-electron chi connectivity index (χ0n) is 24.1. The second kappa shape index (κ2) is 18.1. The molecular weight excluding hydrogens is 448 g/mol. The highest BCUT2D eigenvalue weighted by atomic mass is 16.5. The van der Waals surface area contributed by atoms with Gasteiger partial charge in [0, 0.05) is 42.7 Å². The van der Waals surface area contributed by atoms with Gasteiger partial charge in [-0.3, -0.25) is 0 Å². The van der Waals surface area contributed by atoms with Gasteiger partial charge in [-0.05, 0) is 103 Å². The topological polar surface area (TPSA) is 66.6 Å². The summed E-state index contributed by atoms with van der Waals surface area (Å²) in [5.74, 6) is 0.663. The summed E-state index contributed by atoms with van der Waals surface area (Å²) in [6.45, 7) is 20.1. The second-order valence-corrected chi connectivity index (χ2v) is 11.3. The summed E-state index contributed by atoms with van der Waals surface area (Å²) in [5.41, 5.74) is 3.99. The lowest BCUT2D eigenvalue weighted by atomic mass is 10.1. The molecule has 0 aliphatic carbocycles. The Balaban J connectivity index is -0.000000500. The normalized spacial score (nSPS) is 23.4. The Labute approximate surface area is 228 Å². The van der Waals surface area contributed by atoms with E-state index in [1.165, 1.54) is 75.0 Å². The van der Waals surface area contributed by atoms with Crippen LogP contribution in [0, 0.1) is 19.8 Å². The van der Waals surface area contributed by atoms with Gasteiger partial charge >= 0.3 is 0 Å². The lowest BCUT2D eigenvalue weighted by Crippen LogP contribution is -2.29. The van der Waals surface area contributed by atoms with Crippen LogP contribution in [0.3, 0.4) is 0 Å². The van der Waals surface area contributed by atoms with Crippen LogP contribution < -0.4 is 21.3 Å². The van der Waals surface area contributed by atoms with Crippen LogP contribution in [0.5, 0.6) is 0 Å². The Hall–Kier alpha value is -1.18. The molecule has 6 heteroatoms. The molecule has 0 aromatic heterocycles. The van der Waals surface area contributed by atoms with E-state index in [0.29, 0.717) is 30.1 Å². The van der Waals surface area contributed by atoms with Gasteiger partial charge in [0.15, 0.2) is 0 Å². The molecule has 0 amide bonds. The molecule has 4 rings (SSSR count). The molecule has 1 aromatic carbocycles. The van der Waals surface area contributed by atoms with Crippen molar-refractivity contribution >= 4 is 5.69 Å². The van der Waals surface area contributed by atoms with E-state index in [9.17, 15) is 0 Å². The van der Waals surface area contributed by atoms with Gasteiger partial charge < -0.3 is 30.7 Å². The largest absolute Gasteiger partial charge is 0.383 e. The standard InChI is InChI=1S/C13H20N2.C9H19NO.C8H17NO.4H2/c1-10-5-3-6-11(2)13(10)15-9-12-7-4-8-14-12;1-8(2)6-11-7-9-4-3-5-10-9;1-7(2)10-6-8-4-3-5-9-8;;;;/h3,5-6,12,14-15H,4,7-9H2,1-2H3;8-10H,3-7H2,1-2H3;7-9H,3-6H2,1-2H3;4*1H/t12-;9-;8-;;;;/m000..../s1. The molecule has 3 fully saturated rings. The lowest BCUT2D eigenvalue weighted by molar-refractivity contribution is 0.0649. The molecule has 0 bridgehead atoms. The van der Waals surface area contributed by atoms with Gasteiger partial charge in [-0.25, -0.2) is 0 Å². The maximum atomic E-state index is 5.52. The van der Waals surface area contributed by atoms with E-state index in [4.69, 9.17) is 9.47 Å². The van der Waals surface area contributed by atoms with Gasteiger partial charge in [-0.2, -0.15) is 0 Å². The van der Waals surface area contributed by atoms with E-state index < -0.39 is 0 Å². The molecule has 3 heterocycles. The van der Waals surface area contributed by atoms with Crippen LogP contribution in [0.2, 0.25) is 0 Å². The van der Waals surface area contributed by atoms with Crippen LogP contribution in [0.4, 0.5) is 5.69 Å². The third-order valence-corrected chi connectivity index (χ3v) is 6.89. The number of rotatable bonds is 10. The van der Waals surface area contributed by atoms with Crippen LogP contribution in [-0.2, 0) is 9.47 Å². The molecule has 4 N–H and O–H groups in total. The number of benzene rings is 1. The van der Waals surface area contributed by atoms with Gasteiger partial charge in [0.05, 0.1) is 19.3 Å². The SMILES string of the molecule is CC(C)COC[C@@H]1CCCN1.CC(C)OC[C@@H]1CCCN1.Cc1cccc(C)c1NC[C@@H]1CCCN1.[HH].[HH].[HH].[HH]. The monoisotopic (exact) mass is 513 g/mol. The van der Waals surface area contributed by atoms with Crippen LogP contribution in [-0.4, -0.2) is 70.2 Å². The smallest absolute Gasteiger partial charge is 0.0623 e. The molecule has 0 radical (unpaired) electrons. The Morgan fingerprint density at radius 2 is 1.36 bits per heavy atom. The van der Waals surface area contributed by atoms with Crippen molar-refractivity contribution in [2.75, 3.05) is 51.3 Å². The summed E-state index contributed by atoms with van der Waals surface area (Å²) in [5, 5.41) is 13.9. The lowest BCUT2D eigenvalue weighted by Gasteiger charge is -2.16. The van der Waals surface area contributed by atoms with Crippen molar-refractivity contribution in [3.63, 3.8) is 0 Å². The molecule has 3 aliphatic heterocycles. The summed E-state index contributed by atoms with van der Waals surface area (Å²) in [6.07, 6.45) is 8.20. The first kappa shape index (κ1) is 31.0. The molecule has 3 atom stereocenters. The third kappa shape index (κ3) is 13.4. The number of para-hydroxylation sites is 1. The van der Waals surface area contributed by atoms with E-state index in [1.807, 2.05) is 0 Å². The summed E-state index contributed by atoms with van der Waals surface area (Å²) in [6, 6.07) is 8.36. The minimum atomic E-state index is 0. The maximum Gasteiger partial charge on any atom is 0.0623 e. The molecule has 0 unspecified atom stereocenters. The van der Waals surface area contributed by atoms with E-state index in [0.717, 1.165) is 26.4 Å². The summed E-state index contributed by atoms with van der Waals surface area (Å²) in [4.78, 5) is 0. The highest BCUT2D eigenvalue weighted by Gasteiger charge is 2.15. The van der Waals surface area contributed by atoms with Crippen molar-refractivity contribution in [3.8, 4) is 0 Å². The number of aryl methyl sites for hydroxylation is 2. The molecule has 0 spiro atoms. The van der Waals surface area contributed by atoms with Crippen LogP contribution >= 0.6 is 0 Å². The average molecular weight is 513 g/mol. The fourth-order valence-electron chi connectivity index (χ4n) is 4.80. The Morgan fingerprint density at radius 1 is 0.833 bits per heavy atom. The van der Waals surface area contributed by atoms with Gasteiger partial charge in [0.1, 0.15) is 0 Å². The second-order valence-electron chi connectivity index (χ2n) is 11.3. The first-order chi connectivity index (χ1) is 17.3. The van der Waals surface area contributed by atoms with Crippen molar-refractivity contribution < 1.29 is 15.2 Å². The Morgan fingerprint density at radius 3 is 1.83 bits per heavy atom. The highest BCUT2D eigenvalue weighted by molar-refractivity contribution is 5.56. The zero-order valence-corrected chi connectivity index (χ0v) is 24.1. The van der Waals surface area contributed by atoms with Gasteiger partial charge in [-0.15, -0.1) is 0 Å². The van der Waals surface area contributed by atoms with Crippen LogP contribution in [0.25, 0.3) is 0 Å². The van der Waals surface area contributed by atoms with E-state index in [1.54, 1.807) is 0 Å².